The monoisotopic (exact) mass is 254 g/mol. The maximum Gasteiger partial charge on any atom is 0.549 e. The molecule has 1 rings (SSSR count). The Hall–Kier alpha value is -1.67. The average molecular weight is 254 g/mol. The Kier molecular flexibility index (Phi) is 4.85. The Morgan fingerprint density at radius 1 is 1.29 bits per heavy atom. The minimum absolute atomic E-state index is 0.0140. The van der Waals surface area contributed by atoms with Crippen LogP contribution in [0.25, 0.3) is 0 Å². The summed E-state index contributed by atoms with van der Waals surface area (Å²) in [5.41, 5.74) is 0.536. The molecule has 0 unspecified atom stereocenters. The van der Waals surface area contributed by atoms with Crippen LogP contribution in [-0.4, -0.2) is 19.9 Å². The van der Waals surface area contributed by atoms with Gasteiger partial charge < -0.3 is 0 Å². The SMILES string of the molecule is COP(=O)(OC)O/N=C(/C#N)c1ccccc1. The van der Waals surface area contributed by atoms with Crippen molar-refractivity contribution in [2.24, 2.45) is 5.16 Å². The summed E-state index contributed by atoms with van der Waals surface area (Å²) in [6, 6.07) is 10.5. The summed E-state index contributed by atoms with van der Waals surface area (Å²) in [4.78, 5) is 0. The molecule has 6 nitrogen and oxygen atoms in total. The van der Waals surface area contributed by atoms with E-state index in [4.69, 9.17) is 5.26 Å². The van der Waals surface area contributed by atoms with Gasteiger partial charge in [-0.05, 0) is 0 Å². The van der Waals surface area contributed by atoms with E-state index >= 15 is 0 Å². The fourth-order valence-electron chi connectivity index (χ4n) is 0.966. The third-order valence-corrected chi connectivity index (χ3v) is 3.01. The van der Waals surface area contributed by atoms with E-state index in [1.165, 1.54) is 0 Å². The molecule has 0 saturated carbocycles. The van der Waals surface area contributed by atoms with E-state index < -0.39 is 7.82 Å². The van der Waals surface area contributed by atoms with Gasteiger partial charge in [-0.15, -0.1) is 0 Å². The molecular weight excluding hydrogens is 243 g/mol. The second-order valence-electron chi connectivity index (χ2n) is 2.81. The summed E-state index contributed by atoms with van der Waals surface area (Å²) < 4.78 is 25.2. The van der Waals surface area contributed by atoms with E-state index in [2.05, 4.69) is 18.8 Å². The van der Waals surface area contributed by atoms with Crippen LogP contribution in [0.2, 0.25) is 0 Å². The van der Waals surface area contributed by atoms with Crippen molar-refractivity contribution in [2.45, 2.75) is 0 Å². The minimum atomic E-state index is -3.71. The predicted molar refractivity (Wildman–Crippen MR) is 61.3 cm³/mol. The van der Waals surface area contributed by atoms with Gasteiger partial charge >= 0.3 is 7.82 Å². The number of phosphoric ester groups is 1. The lowest BCUT2D eigenvalue weighted by molar-refractivity contribution is 0.157. The Morgan fingerprint density at radius 2 is 1.88 bits per heavy atom. The van der Waals surface area contributed by atoms with Crippen LogP contribution in [0.5, 0.6) is 0 Å². The highest BCUT2D eigenvalue weighted by Gasteiger charge is 2.24. The third kappa shape index (κ3) is 3.68. The van der Waals surface area contributed by atoms with Gasteiger partial charge in [0.15, 0.2) is 5.71 Å². The maximum absolute atomic E-state index is 11.5. The van der Waals surface area contributed by atoms with Crippen LogP contribution in [0.1, 0.15) is 5.56 Å². The Labute approximate surface area is 99.0 Å². The van der Waals surface area contributed by atoms with Gasteiger partial charge in [0, 0.05) is 19.8 Å². The first-order chi connectivity index (χ1) is 8.15. The van der Waals surface area contributed by atoms with Gasteiger partial charge in [-0.2, -0.15) is 5.26 Å². The summed E-state index contributed by atoms with van der Waals surface area (Å²) in [5, 5.41) is 12.4. The summed E-state index contributed by atoms with van der Waals surface area (Å²) in [6.07, 6.45) is 0. The quantitative estimate of drug-likeness (QED) is 0.457. The van der Waals surface area contributed by atoms with Crippen molar-refractivity contribution in [2.75, 3.05) is 14.2 Å². The zero-order valence-corrected chi connectivity index (χ0v) is 10.3. The molecule has 0 bridgehead atoms. The molecule has 0 aliphatic heterocycles. The fourth-order valence-corrected chi connectivity index (χ4v) is 1.43. The van der Waals surface area contributed by atoms with E-state index in [0.29, 0.717) is 5.56 Å². The van der Waals surface area contributed by atoms with Crippen LogP contribution in [-0.2, 0) is 18.2 Å². The molecule has 0 aliphatic carbocycles. The third-order valence-electron chi connectivity index (χ3n) is 1.83. The van der Waals surface area contributed by atoms with Crippen LogP contribution in [0.3, 0.4) is 0 Å². The molecule has 0 radical (unpaired) electrons. The lowest BCUT2D eigenvalue weighted by Gasteiger charge is -2.09. The summed E-state index contributed by atoms with van der Waals surface area (Å²) in [5.74, 6) is 0. The van der Waals surface area contributed by atoms with Gasteiger partial charge in [0.05, 0.1) is 0 Å². The summed E-state index contributed by atoms with van der Waals surface area (Å²) in [6.45, 7) is 0. The van der Waals surface area contributed by atoms with Crippen molar-refractivity contribution in [1.82, 2.24) is 0 Å². The molecule has 90 valence electrons. The number of phosphoric acid groups is 1. The first kappa shape index (κ1) is 13.4. The molecule has 0 N–H and O–H groups in total. The van der Waals surface area contributed by atoms with Crippen LogP contribution in [0.15, 0.2) is 35.5 Å². The smallest absolute Gasteiger partial charge is 0.291 e. The topological polar surface area (TPSA) is 80.9 Å². The zero-order valence-electron chi connectivity index (χ0n) is 9.36. The van der Waals surface area contributed by atoms with Gasteiger partial charge in [0.2, 0.25) is 0 Å². The number of oxime groups is 1. The Morgan fingerprint density at radius 3 is 2.35 bits per heavy atom. The van der Waals surface area contributed by atoms with Crippen molar-refractivity contribution in [3.63, 3.8) is 0 Å². The molecule has 1 aromatic carbocycles. The van der Waals surface area contributed by atoms with Gasteiger partial charge in [-0.1, -0.05) is 35.5 Å². The van der Waals surface area contributed by atoms with Crippen LogP contribution in [0.4, 0.5) is 0 Å². The zero-order chi connectivity index (χ0) is 12.7. The normalized spacial score (nSPS) is 11.9. The van der Waals surface area contributed by atoms with E-state index in [1.807, 2.05) is 6.07 Å². The van der Waals surface area contributed by atoms with Crippen molar-refractivity contribution < 1.29 is 18.2 Å². The van der Waals surface area contributed by atoms with E-state index in [1.54, 1.807) is 30.3 Å². The lowest BCUT2D eigenvalue weighted by Crippen LogP contribution is -1.99. The highest BCUT2D eigenvalue weighted by Crippen LogP contribution is 2.47. The standard InChI is InChI=1S/C10H11N2O4P/c1-14-17(13,15-2)16-12-10(8-11)9-6-4-3-5-7-9/h3-7H,1-2H3/b12-10-. The van der Waals surface area contributed by atoms with E-state index in [0.717, 1.165) is 14.2 Å². The molecular formula is C10H11N2O4P. The highest BCUT2D eigenvalue weighted by atomic mass is 31.2. The van der Waals surface area contributed by atoms with Crippen LogP contribution < -0.4 is 0 Å². The highest BCUT2D eigenvalue weighted by molar-refractivity contribution is 7.48. The van der Waals surface area contributed by atoms with Crippen molar-refractivity contribution in [3.8, 4) is 6.07 Å². The number of benzene rings is 1. The summed E-state index contributed by atoms with van der Waals surface area (Å²) >= 11 is 0. The van der Waals surface area contributed by atoms with Gasteiger partial charge in [-0.3, -0.25) is 13.7 Å². The largest absolute Gasteiger partial charge is 0.549 e. The van der Waals surface area contributed by atoms with Crippen molar-refractivity contribution in [1.29, 1.82) is 5.26 Å². The summed E-state index contributed by atoms with van der Waals surface area (Å²) in [7, 11) is -1.39. The van der Waals surface area contributed by atoms with Gasteiger partial charge in [0.25, 0.3) is 0 Å². The average Bonchev–Trinajstić information content (AvgIpc) is 2.40. The molecule has 0 atom stereocenters. The van der Waals surface area contributed by atoms with Crippen molar-refractivity contribution >= 4 is 13.5 Å². The van der Waals surface area contributed by atoms with Crippen LogP contribution in [0, 0.1) is 11.3 Å². The second-order valence-corrected chi connectivity index (χ2v) is 4.60. The number of nitriles is 1. The number of rotatable bonds is 5. The number of hydrogen-bond donors (Lipinski definition) is 0. The van der Waals surface area contributed by atoms with Gasteiger partial charge in [-0.25, -0.2) is 4.57 Å². The Bertz CT molecular complexity index is 473. The molecule has 0 amide bonds. The molecule has 7 heteroatoms. The predicted octanol–water partition coefficient (Wildman–Crippen LogP) is 2.33. The number of nitrogens with zero attached hydrogens (tertiary/aromatic N) is 2. The second kappa shape index (κ2) is 6.16. The molecule has 0 heterocycles. The molecule has 0 aliphatic rings. The molecule has 0 fully saturated rings. The van der Waals surface area contributed by atoms with Crippen LogP contribution >= 0.6 is 7.82 Å². The first-order valence-corrected chi connectivity index (χ1v) is 6.05. The lowest BCUT2D eigenvalue weighted by atomic mass is 10.1. The molecule has 0 spiro atoms. The van der Waals surface area contributed by atoms with Gasteiger partial charge in [0.1, 0.15) is 6.07 Å². The molecule has 0 saturated heterocycles. The minimum Gasteiger partial charge on any atom is -0.291 e. The fraction of sp³-hybridized carbons (Fsp3) is 0.200. The first-order valence-electron chi connectivity index (χ1n) is 4.59. The number of hydrogen-bond acceptors (Lipinski definition) is 6. The van der Waals surface area contributed by atoms with E-state index in [9.17, 15) is 4.57 Å². The molecule has 1 aromatic rings. The van der Waals surface area contributed by atoms with Crippen molar-refractivity contribution in [3.05, 3.63) is 35.9 Å². The Balaban J connectivity index is 2.91. The van der Waals surface area contributed by atoms with E-state index in [-0.39, 0.29) is 5.71 Å². The maximum atomic E-state index is 11.5. The molecule has 0 aromatic heterocycles. The molecule has 17 heavy (non-hydrogen) atoms.